The average molecular weight is 401 g/mol. The third-order valence-electron chi connectivity index (χ3n) is 4.89. The molecule has 5 nitrogen and oxygen atoms in total. The molecular formula is C22H25F2N3O2. The zero-order valence-electron chi connectivity index (χ0n) is 16.8. The molecule has 3 rings (SSSR count). The lowest BCUT2D eigenvalue weighted by Gasteiger charge is -2.36. The summed E-state index contributed by atoms with van der Waals surface area (Å²) in [6.45, 7) is 6.75. The number of rotatable bonds is 5. The van der Waals surface area contributed by atoms with Crippen molar-refractivity contribution in [1.82, 2.24) is 4.90 Å². The zero-order chi connectivity index (χ0) is 21.1. The van der Waals surface area contributed by atoms with E-state index in [0.717, 1.165) is 24.1 Å². The Hall–Kier alpha value is -2.96. The number of carbonyl (C=O) groups is 2. The number of nitrogens with one attached hydrogen (secondary N) is 1. The number of hydrogen-bond donors (Lipinski definition) is 1. The van der Waals surface area contributed by atoms with Crippen LogP contribution in [0.4, 0.5) is 25.0 Å². The van der Waals surface area contributed by atoms with Crippen LogP contribution in [0.15, 0.2) is 36.4 Å². The summed E-state index contributed by atoms with van der Waals surface area (Å²) in [7, 11) is 0. The van der Waals surface area contributed by atoms with Crippen LogP contribution in [0, 0.1) is 24.5 Å². The summed E-state index contributed by atoms with van der Waals surface area (Å²) in [5.74, 6) is -2.16. The summed E-state index contributed by atoms with van der Waals surface area (Å²) in [6, 6.07) is 8.98. The monoisotopic (exact) mass is 401 g/mol. The number of amides is 3. The first-order valence-corrected chi connectivity index (χ1v) is 9.68. The molecule has 0 aromatic heterocycles. The maximum Gasteiger partial charge on any atom is 0.324 e. The first-order chi connectivity index (χ1) is 13.8. The van der Waals surface area contributed by atoms with E-state index in [9.17, 15) is 18.4 Å². The van der Waals surface area contributed by atoms with Crippen LogP contribution < -0.4 is 10.2 Å². The first kappa shape index (κ1) is 20.8. The van der Waals surface area contributed by atoms with Crippen LogP contribution >= 0.6 is 0 Å². The molecule has 0 bridgehead atoms. The maximum atomic E-state index is 13.5. The highest BCUT2D eigenvalue weighted by atomic mass is 19.2. The van der Waals surface area contributed by atoms with Gasteiger partial charge in [0.25, 0.3) is 0 Å². The molecule has 1 aliphatic rings. The molecule has 1 N–H and O–H groups in total. The number of aryl methyl sites for hydroxylation is 1. The fourth-order valence-corrected chi connectivity index (χ4v) is 3.27. The van der Waals surface area contributed by atoms with Crippen molar-refractivity contribution in [2.45, 2.75) is 33.7 Å². The minimum absolute atomic E-state index is 0.125. The Kier molecular flexibility index (Phi) is 6.15. The topological polar surface area (TPSA) is 52.6 Å². The summed E-state index contributed by atoms with van der Waals surface area (Å²) in [4.78, 5) is 28.5. The molecular weight excluding hydrogens is 376 g/mol. The van der Waals surface area contributed by atoms with E-state index in [1.165, 1.54) is 6.07 Å². The lowest BCUT2D eigenvalue weighted by Crippen LogP contribution is -2.49. The molecule has 0 aliphatic carbocycles. The van der Waals surface area contributed by atoms with Crippen LogP contribution in [-0.4, -0.2) is 29.9 Å². The van der Waals surface area contributed by atoms with Gasteiger partial charge in [-0.05, 0) is 48.7 Å². The molecule has 0 saturated carbocycles. The van der Waals surface area contributed by atoms with Crippen molar-refractivity contribution in [3.8, 4) is 0 Å². The van der Waals surface area contributed by atoms with Gasteiger partial charge in [-0.1, -0.05) is 26.0 Å². The van der Waals surface area contributed by atoms with Crippen molar-refractivity contribution in [2.75, 3.05) is 23.3 Å². The standard InChI is InChI=1S/C22H25F2N3O2/c1-14(2)21(28)25-19-11-15(3)5-8-20(19)27-10-4-9-26(22(27)29)13-16-6-7-17(23)18(24)12-16/h5-8,11-12,14H,4,9-10,13H2,1-3H3,(H,25,28). The number of halogens is 2. The van der Waals surface area contributed by atoms with Crippen LogP contribution in [0.25, 0.3) is 0 Å². The molecule has 2 aromatic rings. The van der Waals surface area contributed by atoms with Crippen LogP contribution in [0.2, 0.25) is 0 Å². The van der Waals surface area contributed by atoms with Gasteiger partial charge in [-0.3, -0.25) is 9.69 Å². The number of urea groups is 1. The second-order valence-corrected chi connectivity index (χ2v) is 7.62. The Morgan fingerprint density at radius 2 is 1.86 bits per heavy atom. The van der Waals surface area contributed by atoms with Crippen molar-refractivity contribution in [1.29, 1.82) is 0 Å². The number of benzene rings is 2. The molecule has 2 aromatic carbocycles. The number of nitrogens with zero attached hydrogens (tertiary/aromatic N) is 2. The molecule has 3 amide bonds. The molecule has 1 aliphatic heterocycles. The minimum atomic E-state index is -0.930. The fraction of sp³-hybridized carbons (Fsp3) is 0.364. The highest BCUT2D eigenvalue weighted by Gasteiger charge is 2.29. The fourth-order valence-electron chi connectivity index (χ4n) is 3.27. The second-order valence-electron chi connectivity index (χ2n) is 7.62. The van der Waals surface area contributed by atoms with E-state index < -0.39 is 11.6 Å². The van der Waals surface area contributed by atoms with Crippen LogP contribution in [0.1, 0.15) is 31.4 Å². The summed E-state index contributed by atoms with van der Waals surface area (Å²) >= 11 is 0. The van der Waals surface area contributed by atoms with Gasteiger partial charge in [0, 0.05) is 25.6 Å². The molecule has 0 unspecified atom stereocenters. The summed E-state index contributed by atoms with van der Waals surface area (Å²) < 4.78 is 26.7. The Morgan fingerprint density at radius 1 is 1.10 bits per heavy atom. The maximum absolute atomic E-state index is 13.5. The van der Waals surface area contributed by atoms with Gasteiger partial charge >= 0.3 is 6.03 Å². The van der Waals surface area contributed by atoms with Gasteiger partial charge in [0.05, 0.1) is 11.4 Å². The smallest absolute Gasteiger partial charge is 0.324 e. The molecule has 0 spiro atoms. The molecule has 29 heavy (non-hydrogen) atoms. The predicted octanol–water partition coefficient (Wildman–Crippen LogP) is 4.70. The van der Waals surface area contributed by atoms with Crippen LogP contribution in [-0.2, 0) is 11.3 Å². The molecule has 1 saturated heterocycles. The van der Waals surface area contributed by atoms with E-state index in [4.69, 9.17) is 0 Å². The third-order valence-corrected chi connectivity index (χ3v) is 4.89. The summed E-state index contributed by atoms with van der Waals surface area (Å²) in [6.07, 6.45) is 0.723. The molecule has 0 radical (unpaired) electrons. The minimum Gasteiger partial charge on any atom is -0.324 e. The number of carbonyl (C=O) groups excluding carboxylic acids is 2. The Labute approximate surface area is 169 Å². The second kappa shape index (κ2) is 8.59. The number of anilines is 2. The Bertz CT molecular complexity index is 930. The summed E-state index contributed by atoms with van der Waals surface area (Å²) in [5, 5.41) is 2.90. The molecule has 1 fully saturated rings. The van der Waals surface area contributed by atoms with Crippen molar-refractivity contribution in [3.63, 3.8) is 0 Å². The van der Waals surface area contributed by atoms with Gasteiger partial charge in [0.1, 0.15) is 0 Å². The lowest BCUT2D eigenvalue weighted by molar-refractivity contribution is -0.118. The highest BCUT2D eigenvalue weighted by Crippen LogP contribution is 2.30. The van der Waals surface area contributed by atoms with Crippen molar-refractivity contribution < 1.29 is 18.4 Å². The Balaban J connectivity index is 1.84. The van der Waals surface area contributed by atoms with E-state index in [0.29, 0.717) is 30.0 Å². The highest BCUT2D eigenvalue weighted by molar-refractivity contribution is 6.01. The van der Waals surface area contributed by atoms with E-state index in [2.05, 4.69) is 5.32 Å². The largest absolute Gasteiger partial charge is 0.324 e. The normalized spacial score (nSPS) is 14.5. The molecule has 7 heteroatoms. The van der Waals surface area contributed by atoms with Gasteiger partial charge in [-0.15, -0.1) is 0 Å². The van der Waals surface area contributed by atoms with Gasteiger partial charge in [-0.25, -0.2) is 13.6 Å². The van der Waals surface area contributed by atoms with Gasteiger partial charge in [0.2, 0.25) is 5.91 Å². The third kappa shape index (κ3) is 4.72. The SMILES string of the molecule is Cc1ccc(N2CCCN(Cc3ccc(F)c(F)c3)C2=O)c(NC(=O)C(C)C)c1. The molecule has 154 valence electrons. The van der Waals surface area contributed by atoms with Crippen LogP contribution in [0.3, 0.4) is 0 Å². The van der Waals surface area contributed by atoms with E-state index in [-0.39, 0.29) is 24.4 Å². The molecule has 1 heterocycles. The molecule has 0 atom stereocenters. The first-order valence-electron chi connectivity index (χ1n) is 9.68. The quantitative estimate of drug-likeness (QED) is 0.790. The van der Waals surface area contributed by atoms with Gasteiger partial charge in [0.15, 0.2) is 11.6 Å². The van der Waals surface area contributed by atoms with Crippen LogP contribution in [0.5, 0.6) is 0 Å². The van der Waals surface area contributed by atoms with E-state index in [1.54, 1.807) is 23.6 Å². The predicted molar refractivity (Wildman–Crippen MR) is 109 cm³/mol. The van der Waals surface area contributed by atoms with Gasteiger partial charge < -0.3 is 10.2 Å². The Morgan fingerprint density at radius 3 is 2.55 bits per heavy atom. The number of hydrogen-bond acceptors (Lipinski definition) is 2. The lowest BCUT2D eigenvalue weighted by atomic mass is 10.1. The zero-order valence-corrected chi connectivity index (χ0v) is 16.8. The average Bonchev–Trinajstić information content (AvgIpc) is 2.67. The van der Waals surface area contributed by atoms with E-state index >= 15 is 0 Å². The van der Waals surface area contributed by atoms with Crippen molar-refractivity contribution in [2.24, 2.45) is 5.92 Å². The van der Waals surface area contributed by atoms with Crippen molar-refractivity contribution >= 4 is 23.3 Å². The summed E-state index contributed by atoms with van der Waals surface area (Å²) in [5.41, 5.74) is 2.71. The van der Waals surface area contributed by atoms with Gasteiger partial charge in [-0.2, -0.15) is 0 Å². The van der Waals surface area contributed by atoms with E-state index in [1.807, 2.05) is 25.1 Å². The van der Waals surface area contributed by atoms with Crippen molar-refractivity contribution in [3.05, 3.63) is 59.2 Å².